The van der Waals surface area contributed by atoms with E-state index in [9.17, 15) is 4.79 Å². The summed E-state index contributed by atoms with van der Waals surface area (Å²) in [5, 5.41) is 2.94. The molecule has 1 rings (SSSR count). The van der Waals surface area contributed by atoms with Crippen LogP contribution in [-0.4, -0.2) is 32.2 Å². The Hall–Kier alpha value is -1.75. The number of benzene rings is 1. The molecule has 0 aromatic heterocycles. The molecule has 0 saturated heterocycles. The zero-order valence-electron chi connectivity index (χ0n) is 11.7. The Balaban J connectivity index is 2.40. The first kappa shape index (κ1) is 15.3. The molecule has 1 unspecified atom stereocenters. The number of likely N-dealkylation sites (N-methyl/N-ethyl adjacent to an activating group) is 1. The van der Waals surface area contributed by atoms with Gasteiger partial charge in [-0.15, -0.1) is 0 Å². The number of ether oxygens (including phenoxy) is 2. The topological polar surface area (TPSA) is 73.6 Å². The van der Waals surface area contributed by atoms with E-state index in [1.165, 1.54) is 0 Å². The van der Waals surface area contributed by atoms with Gasteiger partial charge in [-0.2, -0.15) is 0 Å². The largest absolute Gasteiger partial charge is 0.497 e. The zero-order valence-corrected chi connectivity index (χ0v) is 11.7. The van der Waals surface area contributed by atoms with Gasteiger partial charge in [0.05, 0.1) is 19.3 Å². The van der Waals surface area contributed by atoms with E-state index in [4.69, 9.17) is 15.2 Å². The quantitative estimate of drug-likeness (QED) is 0.696. The van der Waals surface area contributed by atoms with E-state index in [-0.39, 0.29) is 5.91 Å². The first-order valence-electron chi connectivity index (χ1n) is 6.27. The summed E-state index contributed by atoms with van der Waals surface area (Å²) in [6, 6.07) is 7.42. The Bertz CT molecular complexity index is 423. The van der Waals surface area contributed by atoms with Crippen LogP contribution in [0.15, 0.2) is 24.3 Å². The summed E-state index contributed by atoms with van der Waals surface area (Å²) < 4.78 is 10.7. The number of nitrogens with one attached hydrogen (secondary N) is 1. The summed E-state index contributed by atoms with van der Waals surface area (Å²) in [6.45, 7) is 2.32. The molecule has 1 aromatic carbocycles. The maximum absolute atomic E-state index is 11.3. The molecule has 0 saturated carbocycles. The predicted octanol–water partition coefficient (Wildman–Crippen LogP) is 1.32. The van der Waals surface area contributed by atoms with Gasteiger partial charge in [0.25, 0.3) is 0 Å². The maximum atomic E-state index is 11.3. The molecule has 3 N–H and O–H groups in total. The molecule has 0 aliphatic carbocycles. The van der Waals surface area contributed by atoms with Crippen LogP contribution in [0.3, 0.4) is 0 Å². The van der Waals surface area contributed by atoms with Gasteiger partial charge in [-0.25, -0.2) is 0 Å². The van der Waals surface area contributed by atoms with Crippen LogP contribution in [0.25, 0.3) is 0 Å². The number of amides is 1. The summed E-state index contributed by atoms with van der Waals surface area (Å²) in [4.78, 5) is 11.3. The highest BCUT2D eigenvalue weighted by Gasteiger charge is 2.28. The van der Waals surface area contributed by atoms with Gasteiger partial charge in [0.2, 0.25) is 5.91 Å². The second-order valence-corrected chi connectivity index (χ2v) is 4.58. The van der Waals surface area contributed by atoms with Crippen molar-refractivity contribution in [2.75, 3.05) is 20.8 Å². The molecule has 0 spiro atoms. The number of hydrogen-bond donors (Lipinski definition) is 2. The third kappa shape index (κ3) is 4.44. The summed E-state index contributed by atoms with van der Waals surface area (Å²) in [5.74, 6) is 1.16. The Kier molecular flexibility index (Phi) is 5.63. The van der Waals surface area contributed by atoms with Crippen molar-refractivity contribution >= 4 is 5.91 Å². The van der Waals surface area contributed by atoms with Crippen LogP contribution >= 0.6 is 0 Å². The highest BCUT2D eigenvalue weighted by Crippen LogP contribution is 2.19. The summed E-state index contributed by atoms with van der Waals surface area (Å²) >= 11 is 0. The first-order valence-corrected chi connectivity index (χ1v) is 6.27. The molecular formula is C14H22N2O3. The van der Waals surface area contributed by atoms with Crippen LogP contribution < -0.4 is 20.5 Å². The van der Waals surface area contributed by atoms with Gasteiger partial charge < -0.3 is 20.5 Å². The van der Waals surface area contributed by atoms with Crippen molar-refractivity contribution in [2.45, 2.75) is 25.3 Å². The molecule has 1 amide bonds. The van der Waals surface area contributed by atoms with Gasteiger partial charge in [0.1, 0.15) is 11.5 Å². The van der Waals surface area contributed by atoms with E-state index in [0.29, 0.717) is 13.0 Å². The number of nitrogens with two attached hydrogens (primary N) is 1. The average molecular weight is 266 g/mol. The normalized spacial score (nSPS) is 13.6. The number of rotatable bonds is 8. The lowest BCUT2D eigenvalue weighted by Gasteiger charge is -2.25. The lowest BCUT2D eigenvalue weighted by molar-refractivity contribution is -0.123. The summed E-state index contributed by atoms with van der Waals surface area (Å²) in [5.41, 5.74) is 4.67. The van der Waals surface area contributed by atoms with E-state index in [2.05, 4.69) is 5.32 Å². The van der Waals surface area contributed by atoms with E-state index < -0.39 is 5.54 Å². The van der Waals surface area contributed by atoms with Crippen molar-refractivity contribution in [3.8, 4) is 11.5 Å². The summed E-state index contributed by atoms with van der Waals surface area (Å²) in [7, 11) is 3.35. The summed E-state index contributed by atoms with van der Waals surface area (Å²) in [6.07, 6.45) is 1.36. The molecule has 5 heteroatoms. The Labute approximate surface area is 114 Å². The minimum Gasteiger partial charge on any atom is -0.497 e. The molecule has 19 heavy (non-hydrogen) atoms. The Morgan fingerprint density at radius 3 is 2.68 bits per heavy atom. The highest BCUT2D eigenvalue weighted by molar-refractivity contribution is 5.84. The van der Waals surface area contributed by atoms with Crippen molar-refractivity contribution < 1.29 is 14.3 Å². The lowest BCUT2D eigenvalue weighted by Crippen LogP contribution is -2.51. The van der Waals surface area contributed by atoms with Crippen LogP contribution in [0.2, 0.25) is 0 Å². The van der Waals surface area contributed by atoms with Gasteiger partial charge in [0.15, 0.2) is 0 Å². The number of primary amides is 1. The molecule has 5 nitrogen and oxygen atoms in total. The molecule has 0 bridgehead atoms. The smallest absolute Gasteiger partial charge is 0.237 e. The second kappa shape index (κ2) is 6.99. The van der Waals surface area contributed by atoms with Gasteiger partial charge in [-0.05, 0) is 38.9 Å². The number of hydrogen-bond acceptors (Lipinski definition) is 4. The number of methoxy groups -OCH3 is 1. The molecule has 0 aliphatic rings. The minimum absolute atomic E-state index is 0.351. The van der Waals surface area contributed by atoms with Gasteiger partial charge in [-0.1, -0.05) is 6.07 Å². The lowest BCUT2D eigenvalue weighted by atomic mass is 9.95. The molecule has 0 aliphatic heterocycles. The van der Waals surface area contributed by atoms with Gasteiger partial charge in [-0.3, -0.25) is 4.79 Å². The average Bonchev–Trinajstić information content (AvgIpc) is 2.43. The number of carbonyl (C=O) groups is 1. The van der Waals surface area contributed by atoms with Crippen LogP contribution in [0, 0.1) is 0 Å². The fourth-order valence-corrected chi connectivity index (χ4v) is 1.68. The third-order valence-electron chi connectivity index (χ3n) is 3.23. The van der Waals surface area contributed by atoms with E-state index in [1.54, 1.807) is 21.1 Å². The Morgan fingerprint density at radius 1 is 1.42 bits per heavy atom. The zero-order chi connectivity index (χ0) is 14.3. The molecule has 1 atom stereocenters. The second-order valence-electron chi connectivity index (χ2n) is 4.58. The van der Waals surface area contributed by atoms with Gasteiger partial charge in [0, 0.05) is 6.07 Å². The molecular weight excluding hydrogens is 244 g/mol. The first-order chi connectivity index (χ1) is 9.01. The molecule has 0 radical (unpaired) electrons. The van der Waals surface area contributed by atoms with Crippen molar-refractivity contribution in [3.05, 3.63) is 24.3 Å². The SMILES string of the molecule is CNC(C)(CCCOc1cccc(OC)c1)C(N)=O. The van der Waals surface area contributed by atoms with Crippen molar-refractivity contribution in [1.29, 1.82) is 0 Å². The van der Waals surface area contributed by atoms with Crippen LogP contribution in [0.4, 0.5) is 0 Å². The van der Waals surface area contributed by atoms with Crippen molar-refractivity contribution in [1.82, 2.24) is 5.32 Å². The fourth-order valence-electron chi connectivity index (χ4n) is 1.68. The van der Waals surface area contributed by atoms with Crippen molar-refractivity contribution in [3.63, 3.8) is 0 Å². The fraction of sp³-hybridized carbons (Fsp3) is 0.500. The minimum atomic E-state index is -0.683. The third-order valence-corrected chi connectivity index (χ3v) is 3.23. The monoisotopic (exact) mass is 266 g/mol. The number of carbonyl (C=O) groups excluding carboxylic acids is 1. The van der Waals surface area contributed by atoms with E-state index >= 15 is 0 Å². The van der Waals surface area contributed by atoms with Gasteiger partial charge >= 0.3 is 0 Å². The van der Waals surface area contributed by atoms with E-state index in [0.717, 1.165) is 17.9 Å². The molecule has 106 valence electrons. The Morgan fingerprint density at radius 2 is 2.11 bits per heavy atom. The maximum Gasteiger partial charge on any atom is 0.237 e. The van der Waals surface area contributed by atoms with Crippen LogP contribution in [0.1, 0.15) is 19.8 Å². The molecule has 0 fully saturated rings. The molecule has 1 aromatic rings. The predicted molar refractivity (Wildman–Crippen MR) is 74.4 cm³/mol. The highest BCUT2D eigenvalue weighted by atomic mass is 16.5. The van der Waals surface area contributed by atoms with Crippen LogP contribution in [0.5, 0.6) is 11.5 Å². The molecule has 0 heterocycles. The van der Waals surface area contributed by atoms with Crippen LogP contribution in [-0.2, 0) is 4.79 Å². The van der Waals surface area contributed by atoms with Crippen molar-refractivity contribution in [2.24, 2.45) is 5.73 Å². The standard InChI is InChI=1S/C14H22N2O3/c1-14(16-2,13(15)17)8-5-9-19-12-7-4-6-11(10-12)18-3/h4,6-7,10,16H,5,8-9H2,1-3H3,(H2,15,17). The van der Waals surface area contributed by atoms with E-state index in [1.807, 2.05) is 24.3 Å².